The maximum absolute atomic E-state index is 11.1. The molecule has 0 aromatic heterocycles. The second-order valence-electron chi connectivity index (χ2n) is 1.92. The van der Waals surface area contributed by atoms with Crippen LogP contribution in [0.3, 0.4) is 0 Å². The molecule has 0 spiro atoms. The molecule has 1 aromatic rings. The number of rotatable bonds is 2. The van der Waals surface area contributed by atoms with Gasteiger partial charge in [0.15, 0.2) is 4.90 Å². The van der Waals surface area contributed by atoms with Crippen LogP contribution in [0.25, 0.3) is 0 Å². The first-order chi connectivity index (χ1) is 5.24. The van der Waals surface area contributed by atoms with Gasteiger partial charge in [-0.1, -0.05) is 18.2 Å². The number of hydrogen-bond donors (Lipinski definition) is 0. The van der Waals surface area contributed by atoms with Gasteiger partial charge >= 0.3 is 0 Å². The lowest BCUT2D eigenvalue weighted by molar-refractivity contribution is 0.603. The van der Waals surface area contributed by atoms with Gasteiger partial charge in [-0.15, -0.1) is 0 Å². The van der Waals surface area contributed by atoms with Gasteiger partial charge in [0.25, 0.3) is 0 Å². The van der Waals surface area contributed by atoms with Crippen molar-refractivity contribution in [3.63, 3.8) is 0 Å². The minimum atomic E-state index is -1.09. The van der Waals surface area contributed by atoms with Crippen LogP contribution in [0.15, 0.2) is 41.1 Å². The molecule has 1 unspecified atom stereocenters. The quantitative estimate of drug-likeness (QED) is 0.652. The molecule has 0 saturated heterocycles. The lowest BCUT2D eigenvalue weighted by Gasteiger charge is -2.02. The van der Waals surface area contributed by atoms with Gasteiger partial charge in [-0.05, 0) is 24.3 Å². The topological polar surface area (TPSA) is 23.1 Å². The number of hydrogen-bond acceptors (Lipinski definition) is 1. The molecule has 0 N–H and O–H groups in total. The van der Waals surface area contributed by atoms with Crippen LogP contribution < -0.4 is 0 Å². The van der Waals surface area contributed by atoms with E-state index >= 15 is 0 Å². The van der Waals surface area contributed by atoms with E-state index in [0.717, 1.165) is 4.90 Å². The van der Waals surface area contributed by atoms with E-state index in [1.807, 2.05) is 0 Å². The first-order valence-corrected chi connectivity index (χ1v) is 4.62. The van der Waals surface area contributed by atoms with Gasteiger partial charge in [0, 0.05) is 16.2 Å². The fourth-order valence-corrected chi connectivity index (χ4v) is 1.39. The molecule has 0 radical (unpaired) electrons. The summed E-state index contributed by atoms with van der Waals surface area (Å²) in [6, 6.07) is 6.86. The highest BCUT2D eigenvalue weighted by Gasteiger charge is 2.03. The Morgan fingerprint density at radius 1 is 1.36 bits per heavy atom. The molecule has 0 aliphatic rings. The minimum Gasteiger partial charge on any atom is -0.607 e. The van der Waals surface area contributed by atoms with E-state index in [0.29, 0.717) is 5.02 Å². The van der Waals surface area contributed by atoms with E-state index in [9.17, 15) is 4.55 Å². The lowest BCUT2D eigenvalue weighted by atomic mass is 10.4. The number of halogens is 1. The summed E-state index contributed by atoms with van der Waals surface area (Å²) >= 11 is 4.54. The third-order valence-electron chi connectivity index (χ3n) is 1.20. The zero-order valence-corrected chi connectivity index (χ0v) is 7.36. The Bertz CT molecular complexity index is 245. The Morgan fingerprint density at radius 3 is 2.36 bits per heavy atom. The average molecular weight is 187 g/mol. The van der Waals surface area contributed by atoms with E-state index in [2.05, 4.69) is 6.58 Å². The van der Waals surface area contributed by atoms with Crippen molar-refractivity contribution in [3.05, 3.63) is 41.3 Å². The molecule has 0 amide bonds. The van der Waals surface area contributed by atoms with Gasteiger partial charge in [-0.2, -0.15) is 0 Å². The molecule has 0 bridgehead atoms. The lowest BCUT2D eigenvalue weighted by Crippen LogP contribution is -1.94. The van der Waals surface area contributed by atoms with Crippen molar-refractivity contribution >= 4 is 22.8 Å². The second kappa shape index (κ2) is 3.81. The summed E-state index contributed by atoms with van der Waals surface area (Å²) < 4.78 is 11.1. The van der Waals surface area contributed by atoms with E-state index in [4.69, 9.17) is 11.6 Å². The van der Waals surface area contributed by atoms with E-state index in [1.54, 1.807) is 24.3 Å². The Hall–Kier alpha value is -0.440. The molecule has 1 aromatic carbocycles. The maximum atomic E-state index is 11.1. The molecule has 0 aliphatic carbocycles. The van der Waals surface area contributed by atoms with Gasteiger partial charge in [0.2, 0.25) is 0 Å². The Kier molecular flexibility index (Phi) is 3.00. The Balaban J connectivity index is 2.89. The summed E-state index contributed by atoms with van der Waals surface area (Å²) in [7, 11) is 0. The van der Waals surface area contributed by atoms with Gasteiger partial charge in [0.05, 0.1) is 0 Å². The minimum absolute atomic E-state index is 0.648. The summed E-state index contributed by atoms with van der Waals surface area (Å²) in [5.41, 5.74) is 0. The van der Waals surface area contributed by atoms with E-state index in [-0.39, 0.29) is 0 Å². The van der Waals surface area contributed by atoms with Gasteiger partial charge in [-0.3, -0.25) is 0 Å². The molecule has 11 heavy (non-hydrogen) atoms. The highest BCUT2D eigenvalue weighted by atomic mass is 35.5. The molecule has 1 atom stereocenters. The van der Waals surface area contributed by atoms with Gasteiger partial charge in [-0.25, -0.2) is 0 Å². The molecule has 0 aliphatic heterocycles. The van der Waals surface area contributed by atoms with Crippen molar-refractivity contribution in [2.24, 2.45) is 0 Å². The molecule has 0 heterocycles. The maximum Gasteiger partial charge on any atom is 0.157 e. The largest absolute Gasteiger partial charge is 0.607 e. The van der Waals surface area contributed by atoms with Crippen molar-refractivity contribution in [2.45, 2.75) is 4.90 Å². The zero-order chi connectivity index (χ0) is 8.27. The summed E-state index contributed by atoms with van der Waals surface area (Å²) in [6.07, 6.45) is 0. The van der Waals surface area contributed by atoms with Gasteiger partial charge in [0.1, 0.15) is 5.41 Å². The number of benzene rings is 1. The third-order valence-corrected chi connectivity index (χ3v) is 2.49. The van der Waals surface area contributed by atoms with Crippen LogP contribution in [-0.4, -0.2) is 4.55 Å². The third kappa shape index (κ3) is 2.26. The van der Waals surface area contributed by atoms with Crippen molar-refractivity contribution in [1.29, 1.82) is 0 Å². The van der Waals surface area contributed by atoms with Crippen molar-refractivity contribution in [2.75, 3.05) is 0 Å². The van der Waals surface area contributed by atoms with Crippen LogP contribution in [0.5, 0.6) is 0 Å². The molecule has 1 nitrogen and oxygen atoms in total. The standard InChI is InChI=1S/C8H7ClOS/c1-2-11(10)8-5-3-7(9)4-6-8/h2-6H,1H2. The summed E-state index contributed by atoms with van der Waals surface area (Å²) in [5.74, 6) is 0. The Labute approximate surface area is 73.9 Å². The van der Waals surface area contributed by atoms with Crippen LogP contribution in [0.1, 0.15) is 0 Å². The molecule has 3 heteroatoms. The summed E-state index contributed by atoms with van der Waals surface area (Å²) in [4.78, 5) is 0.726. The highest BCUT2D eigenvalue weighted by molar-refractivity contribution is 7.94. The summed E-state index contributed by atoms with van der Waals surface area (Å²) in [6.45, 7) is 3.43. The first kappa shape index (κ1) is 8.65. The monoisotopic (exact) mass is 186 g/mol. The van der Waals surface area contributed by atoms with E-state index < -0.39 is 11.2 Å². The highest BCUT2D eigenvalue weighted by Crippen LogP contribution is 2.15. The van der Waals surface area contributed by atoms with Crippen LogP contribution in [0.4, 0.5) is 0 Å². The van der Waals surface area contributed by atoms with Crippen LogP contribution in [0, 0.1) is 0 Å². The smallest absolute Gasteiger partial charge is 0.157 e. The van der Waals surface area contributed by atoms with Crippen molar-refractivity contribution in [1.82, 2.24) is 0 Å². The van der Waals surface area contributed by atoms with Gasteiger partial charge < -0.3 is 4.55 Å². The normalized spacial score (nSPS) is 12.5. The molecule has 0 saturated carbocycles. The molecular formula is C8H7ClOS. The first-order valence-electron chi connectivity index (χ1n) is 3.03. The molecule has 0 fully saturated rings. The van der Waals surface area contributed by atoms with Crippen molar-refractivity contribution in [3.8, 4) is 0 Å². The summed E-state index contributed by atoms with van der Waals surface area (Å²) in [5, 5.41) is 2.04. The Morgan fingerprint density at radius 2 is 1.91 bits per heavy atom. The van der Waals surface area contributed by atoms with Crippen LogP contribution in [-0.2, 0) is 11.2 Å². The SMILES string of the molecule is C=C[S+]([O-])c1ccc(Cl)cc1. The van der Waals surface area contributed by atoms with Crippen molar-refractivity contribution < 1.29 is 4.55 Å². The zero-order valence-electron chi connectivity index (χ0n) is 5.79. The predicted octanol–water partition coefficient (Wildman–Crippen LogP) is 2.59. The molecular weight excluding hydrogens is 180 g/mol. The van der Waals surface area contributed by atoms with E-state index in [1.165, 1.54) is 5.41 Å². The van der Waals surface area contributed by atoms with Crippen LogP contribution in [0.2, 0.25) is 5.02 Å². The predicted molar refractivity (Wildman–Crippen MR) is 48.1 cm³/mol. The average Bonchev–Trinajstić information content (AvgIpc) is 2.05. The molecule has 58 valence electrons. The second-order valence-corrected chi connectivity index (χ2v) is 3.75. The fourth-order valence-electron chi connectivity index (χ4n) is 0.665. The van der Waals surface area contributed by atoms with Crippen LogP contribution >= 0.6 is 11.6 Å². The molecule has 1 rings (SSSR count). The fraction of sp³-hybridized carbons (Fsp3) is 0.